The number of hydrogen-bond donors (Lipinski definition) is 1. The molecular formula is C15H23NO. The third-order valence-corrected chi connectivity index (χ3v) is 3.65. The Morgan fingerprint density at radius 1 is 1.41 bits per heavy atom. The summed E-state index contributed by atoms with van der Waals surface area (Å²) in [5.74, 6) is 2.81. The largest absolute Gasteiger partial charge is 0.494 e. The number of hydrogen-bond acceptors (Lipinski definition) is 2. The minimum atomic E-state index is 0.366. The van der Waals surface area contributed by atoms with Gasteiger partial charge in [0.25, 0.3) is 0 Å². The lowest BCUT2D eigenvalue weighted by Crippen LogP contribution is -2.22. The Labute approximate surface area is 104 Å². The molecule has 0 saturated heterocycles. The van der Waals surface area contributed by atoms with Crippen molar-refractivity contribution in [2.45, 2.75) is 33.2 Å². The molecule has 1 aromatic rings. The molecule has 0 radical (unpaired) electrons. The SMILES string of the molecule is CCOc1ccccc1C(C)NCC1CC1C. The van der Waals surface area contributed by atoms with Gasteiger partial charge >= 0.3 is 0 Å². The molecule has 1 aliphatic rings. The Hall–Kier alpha value is -1.02. The first-order chi connectivity index (χ1) is 8.22. The van der Waals surface area contributed by atoms with E-state index in [0.717, 1.165) is 30.7 Å². The highest BCUT2D eigenvalue weighted by molar-refractivity contribution is 5.35. The van der Waals surface area contributed by atoms with Crippen molar-refractivity contribution in [1.29, 1.82) is 0 Å². The van der Waals surface area contributed by atoms with Crippen molar-refractivity contribution in [2.75, 3.05) is 13.2 Å². The van der Waals surface area contributed by atoms with Crippen LogP contribution in [0, 0.1) is 11.8 Å². The molecule has 1 N–H and O–H groups in total. The van der Waals surface area contributed by atoms with Gasteiger partial charge in [-0.15, -0.1) is 0 Å². The first-order valence-corrected chi connectivity index (χ1v) is 6.67. The van der Waals surface area contributed by atoms with Crippen molar-refractivity contribution in [2.24, 2.45) is 11.8 Å². The lowest BCUT2D eigenvalue weighted by molar-refractivity contribution is 0.332. The van der Waals surface area contributed by atoms with Crippen molar-refractivity contribution in [1.82, 2.24) is 5.32 Å². The van der Waals surface area contributed by atoms with E-state index in [1.54, 1.807) is 0 Å². The molecule has 1 aliphatic carbocycles. The molecule has 2 rings (SSSR count). The summed E-state index contributed by atoms with van der Waals surface area (Å²) in [6.07, 6.45) is 1.38. The normalized spacial score (nSPS) is 24.4. The highest BCUT2D eigenvalue weighted by Gasteiger charge is 2.32. The maximum absolute atomic E-state index is 5.66. The van der Waals surface area contributed by atoms with E-state index in [2.05, 4.69) is 37.4 Å². The van der Waals surface area contributed by atoms with Crippen molar-refractivity contribution in [3.63, 3.8) is 0 Å². The van der Waals surface area contributed by atoms with Crippen LogP contribution in [0.5, 0.6) is 5.75 Å². The molecule has 0 aliphatic heterocycles. The van der Waals surface area contributed by atoms with Crippen molar-refractivity contribution >= 4 is 0 Å². The topological polar surface area (TPSA) is 21.3 Å². The molecule has 1 aromatic carbocycles. The van der Waals surface area contributed by atoms with Gasteiger partial charge < -0.3 is 10.1 Å². The van der Waals surface area contributed by atoms with Crippen LogP contribution in [0.25, 0.3) is 0 Å². The molecular weight excluding hydrogens is 210 g/mol. The average molecular weight is 233 g/mol. The van der Waals surface area contributed by atoms with Crippen LogP contribution in [0.3, 0.4) is 0 Å². The van der Waals surface area contributed by atoms with Crippen LogP contribution in [-0.2, 0) is 0 Å². The van der Waals surface area contributed by atoms with E-state index in [4.69, 9.17) is 4.74 Å². The molecule has 3 atom stereocenters. The predicted molar refractivity (Wildman–Crippen MR) is 71.3 cm³/mol. The minimum absolute atomic E-state index is 0.366. The second kappa shape index (κ2) is 5.54. The number of ether oxygens (including phenoxy) is 1. The van der Waals surface area contributed by atoms with Crippen LogP contribution in [0.15, 0.2) is 24.3 Å². The average Bonchev–Trinajstić information content (AvgIpc) is 3.03. The van der Waals surface area contributed by atoms with E-state index in [-0.39, 0.29) is 0 Å². The lowest BCUT2D eigenvalue weighted by Gasteiger charge is -2.17. The maximum atomic E-state index is 5.66. The first-order valence-electron chi connectivity index (χ1n) is 6.67. The summed E-state index contributed by atoms with van der Waals surface area (Å²) in [5.41, 5.74) is 1.27. The molecule has 0 bridgehead atoms. The molecule has 0 aromatic heterocycles. The maximum Gasteiger partial charge on any atom is 0.124 e. The smallest absolute Gasteiger partial charge is 0.124 e. The van der Waals surface area contributed by atoms with Gasteiger partial charge in [0.05, 0.1) is 6.61 Å². The van der Waals surface area contributed by atoms with Crippen LogP contribution in [0.4, 0.5) is 0 Å². The molecule has 0 spiro atoms. The molecule has 94 valence electrons. The molecule has 0 amide bonds. The Bertz CT molecular complexity index is 364. The lowest BCUT2D eigenvalue weighted by atomic mass is 10.1. The van der Waals surface area contributed by atoms with E-state index >= 15 is 0 Å². The minimum Gasteiger partial charge on any atom is -0.494 e. The second-order valence-electron chi connectivity index (χ2n) is 5.07. The molecule has 2 heteroatoms. The number of nitrogens with one attached hydrogen (secondary N) is 1. The fourth-order valence-electron chi connectivity index (χ4n) is 2.25. The third-order valence-electron chi connectivity index (χ3n) is 3.65. The molecule has 0 heterocycles. The second-order valence-corrected chi connectivity index (χ2v) is 5.07. The van der Waals surface area contributed by atoms with Crippen LogP contribution in [0.1, 0.15) is 38.8 Å². The summed E-state index contributed by atoms with van der Waals surface area (Å²) in [6, 6.07) is 8.68. The summed E-state index contributed by atoms with van der Waals surface area (Å²) in [7, 11) is 0. The predicted octanol–water partition coefficient (Wildman–Crippen LogP) is 3.39. The molecule has 2 nitrogen and oxygen atoms in total. The summed E-state index contributed by atoms with van der Waals surface area (Å²) >= 11 is 0. The van der Waals surface area contributed by atoms with Gasteiger partial charge in [0.1, 0.15) is 5.75 Å². The van der Waals surface area contributed by atoms with Crippen molar-refractivity contribution in [3.8, 4) is 5.75 Å². The zero-order valence-electron chi connectivity index (χ0n) is 11.1. The molecule has 1 fully saturated rings. The summed E-state index contributed by atoms with van der Waals surface area (Å²) in [4.78, 5) is 0. The third kappa shape index (κ3) is 3.22. The van der Waals surface area contributed by atoms with Crippen molar-refractivity contribution in [3.05, 3.63) is 29.8 Å². The Balaban J connectivity index is 1.94. The monoisotopic (exact) mass is 233 g/mol. The number of rotatable bonds is 6. The fourth-order valence-corrected chi connectivity index (χ4v) is 2.25. The van der Waals surface area contributed by atoms with Crippen LogP contribution < -0.4 is 10.1 Å². The summed E-state index contributed by atoms with van der Waals surface area (Å²) in [6.45, 7) is 8.42. The number of benzene rings is 1. The Kier molecular flexibility index (Phi) is 4.06. The highest BCUT2D eigenvalue weighted by atomic mass is 16.5. The van der Waals surface area contributed by atoms with Gasteiger partial charge in [0, 0.05) is 11.6 Å². The van der Waals surface area contributed by atoms with Gasteiger partial charge in [-0.2, -0.15) is 0 Å². The van der Waals surface area contributed by atoms with Gasteiger partial charge in [-0.25, -0.2) is 0 Å². The van der Waals surface area contributed by atoms with E-state index < -0.39 is 0 Å². The van der Waals surface area contributed by atoms with E-state index in [1.807, 2.05) is 13.0 Å². The summed E-state index contributed by atoms with van der Waals surface area (Å²) < 4.78 is 5.66. The zero-order valence-corrected chi connectivity index (χ0v) is 11.1. The van der Waals surface area contributed by atoms with Gasteiger partial charge in [-0.05, 0) is 44.7 Å². The van der Waals surface area contributed by atoms with Gasteiger partial charge in [0.2, 0.25) is 0 Å². The van der Waals surface area contributed by atoms with Crippen LogP contribution in [-0.4, -0.2) is 13.2 Å². The van der Waals surface area contributed by atoms with Gasteiger partial charge in [0.15, 0.2) is 0 Å². The van der Waals surface area contributed by atoms with E-state index in [0.29, 0.717) is 6.04 Å². The standard InChI is InChI=1S/C15H23NO/c1-4-17-15-8-6-5-7-14(15)12(3)16-10-13-9-11(13)2/h5-8,11-13,16H,4,9-10H2,1-3H3. The van der Waals surface area contributed by atoms with Crippen LogP contribution in [0.2, 0.25) is 0 Å². The number of para-hydroxylation sites is 1. The fraction of sp³-hybridized carbons (Fsp3) is 0.600. The summed E-state index contributed by atoms with van der Waals surface area (Å²) in [5, 5.41) is 3.61. The first kappa shape index (κ1) is 12.4. The highest BCUT2D eigenvalue weighted by Crippen LogP contribution is 2.37. The molecule has 3 unspecified atom stereocenters. The quantitative estimate of drug-likeness (QED) is 0.813. The molecule has 17 heavy (non-hydrogen) atoms. The Morgan fingerprint density at radius 2 is 2.12 bits per heavy atom. The Morgan fingerprint density at radius 3 is 2.76 bits per heavy atom. The van der Waals surface area contributed by atoms with Crippen molar-refractivity contribution < 1.29 is 4.74 Å². The zero-order chi connectivity index (χ0) is 12.3. The van der Waals surface area contributed by atoms with E-state index in [9.17, 15) is 0 Å². The molecule has 1 saturated carbocycles. The van der Waals surface area contributed by atoms with Gasteiger partial charge in [-0.3, -0.25) is 0 Å². The van der Waals surface area contributed by atoms with Gasteiger partial charge in [-0.1, -0.05) is 25.1 Å². The van der Waals surface area contributed by atoms with Crippen LogP contribution >= 0.6 is 0 Å². The van der Waals surface area contributed by atoms with E-state index in [1.165, 1.54) is 12.0 Å².